The van der Waals surface area contributed by atoms with Crippen molar-refractivity contribution in [3.05, 3.63) is 12.2 Å². The van der Waals surface area contributed by atoms with E-state index in [2.05, 4.69) is 6.92 Å². The Labute approximate surface area is 165 Å². The van der Waals surface area contributed by atoms with Crippen molar-refractivity contribution < 1.29 is 24.9 Å². The van der Waals surface area contributed by atoms with Gasteiger partial charge in [0.05, 0.1) is 18.3 Å². The standard InChI is InChI=1S/C22H42O5/c1-5-6-10-14-19(24)20(25)17-16-18(23)13-11-8-7-9-12-15-21(26)27-22(2,3)4/h16-20,23-25H,5-15H2,1-4H3/b17-16+. The minimum Gasteiger partial charge on any atom is -0.460 e. The van der Waals surface area contributed by atoms with Gasteiger partial charge in [0.15, 0.2) is 0 Å². The van der Waals surface area contributed by atoms with Crippen LogP contribution in [0.3, 0.4) is 0 Å². The molecular weight excluding hydrogens is 344 g/mol. The van der Waals surface area contributed by atoms with E-state index in [1.807, 2.05) is 20.8 Å². The summed E-state index contributed by atoms with van der Waals surface area (Å²) in [5, 5.41) is 29.6. The molecule has 0 aliphatic rings. The van der Waals surface area contributed by atoms with Crippen LogP contribution in [-0.2, 0) is 9.53 Å². The number of esters is 1. The number of carbonyl (C=O) groups excluding carboxylic acids is 1. The average Bonchev–Trinajstić information content (AvgIpc) is 2.57. The number of ether oxygens (including phenoxy) is 1. The monoisotopic (exact) mass is 386 g/mol. The molecule has 3 atom stereocenters. The number of aliphatic hydroxyl groups is 3. The molecule has 0 saturated heterocycles. The van der Waals surface area contributed by atoms with Crippen LogP contribution in [-0.4, -0.2) is 45.2 Å². The van der Waals surface area contributed by atoms with Gasteiger partial charge < -0.3 is 20.1 Å². The van der Waals surface area contributed by atoms with Crippen molar-refractivity contribution in [2.24, 2.45) is 0 Å². The Morgan fingerprint density at radius 3 is 2.11 bits per heavy atom. The Morgan fingerprint density at radius 1 is 0.889 bits per heavy atom. The molecule has 0 fully saturated rings. The van der Waals surface area contributed by atoms with Gasteiger partial charge in [0.25, 0.3) is 0 Å². The maximum absolute atomic E-state index is 11.6. The van der Waals surface area contributed by atoms with E-state index in [4.69, 9.17) is 4.74 Å². The maximum Gasteiger partial charge on any atom is 0.306 e. The molecule has 0 amide bonds. The van der Waals surface area contributed by atoms with Gasteiger partial charge in [-0.1, -0.05) is 64.0 Å². The summed E-state index contributed by atoms with van der Waals surface area (Å²) in [6.45, 7) is 7.71. The molecule has 0 heterocycles. The van der Waals surface area contributed by atoms with Gasteiger partial charge in [0.1, 0.15) is 5.60 Å². The third-order valence-corrected chi connectivity index (χ3v) is 4.33. The van der Waals surface area contributed by atoms with E-state index in [1.54, 1.807) is 6.08 Å². The second-order valence-corrected chi connectivity index (χ2v) is 8.40. The number of rotatable bonds is 15. The molecule has 0 aromatic carbocycles. The summed E-state index contributed by atoms with van der Waals surface area (Å²) in [6.07, 6.45) is 10.3. The molecule has 0 spiro atoms. The van der Waals surface area contributed by atoms with Crippen molar-refractivity contribution >= 4 is 5.97 Å². The Morgan fingerprint density at radius 2 is 1.48 bits per heavy atom. The fourth-order valence-corrected chi connectivity index (χ4v) is 2.79. The van der Waals surface area contributed by atoms with Crippen molar-refractivity contribution in [3.63, 3.8) is 0 Å². The summed E-state index contributed by atoms with van der Waals surface area (Å²) < 4.78 is 5.27. The van der Waals surface area contributed by atoms with Gasteiger partial charge in [0.2, 0.25) is 0 Å². The topological polar surface area (TPSA) is 87.0 Å². The fraction of sp³-hybridized carbons (Fsp3) is 0.864. The van der Waals surface area contributed by atoms with Crippen molar-refractivity contribution in [2.75, 3.05) is 0 Å². The van der Waals surface area contributed by atoms with Gasteiger partial charge in [-0.2, -0.15) is 0 Å². The normalized spacial score (nSPS) is 15.7. The van der Waals surface area contributed by atoms with E-state index in [-0.39, 0.29) is 5.97 Å². The van der Waals surface area contributed by atoms with E-state index < -0.39 is 23.9 Å². The molecule has 27 heavy (non-hydrogen) atoms. The first kappa shape index (κ1) is 26.1. The molecule has 5 nitrogen and oxygen atoms in total. The molecule has 3 unspecified atom stereocenters. The zero-order chi connectivity index (χ0) is 20.7. The second kappa shape index (κ2) is 15.1. The molecule has 0 bridgehead atoms. The highest BCUT2D eigenvalue weighted by molar-refractivity contribution is 5.69. The molecule has 0 aromatic rings. The molecule has 0 aromatic heterocycles. The minimum absolute atomic E-state index is 0.140. The van der Waals surface area contributed by atoms with E-state index in [0.29, 0.717) is 19.3 Å². The first-order chi connectivity index (χ1) is 12.7. The highest BCUT2D eigenvalue weighted by Crippen LogP contribution is 2.13. The number of hydrogen-bond acceptors (Lipinski definition) is 5. The summed E-state index contributed by atoms with van der Waals surface area (Å²) in [6, 6.07) is 0. The number of unbranched alkanes of at least 4 members (excludes halogenated alkanes) is 6. The first-order valence-electron chi connectivity index (χ1n) is 10.6. The van der Waals surface area contributed by atoms with Crippen molar-refractivity contribution in [3.8, 4) is 0 Å². The predicted octanol–water partition coefficient (Wildman–Crippen LogP) is 4.28. The Kier molecular flexibility index (Phi) is 14.6. The summed E-state index contributed by atoms with van der Waals surface area (Å²) in [4.78, 5) is 11.6. The van der Waals surface area contributed by atoms with Crippen molar-refractivity contribution in [1.82, 2.24) is 0 Å². The van der Waals surface area contributed by atoms with E-state index in [0.717, 1.165) is 51.4 Å². The molecule has 0 aliphatic carbocycles. The van der Waals surface area contributed by atoms with Crippen molar-refractivity contribution in [2.45, 2.75) is 122 Å². The summed E-state index contributed by atoms with van der Waals surface area (Å²) in [5.74, 6) is -0.140. The molecule has 0 aliphatic heterocycles. The smallest absolute Gasteiger partial charge is 0.306 e. The molecular formula is C22H42O5. The number of carbonyl (C=O) groups is 1. The number of aliphatic hydroxyl groups excluding tert-OH is 3. The lowest BCUT2D eigenvalue weighted by Gasteiger charge is -2.19. The summed E-state index contributed by atoms with van der Waals surface area (Å²) in [7, 11) is 0. The quantitative estimate of drug-likeness (QED) is 0.222. The largest absolute Gasteiger partial charge is 0.460 e. The van der Waals surface area contributed by atoms with Gasteiger partial charge in [-0.05, 0) is 40.0 Å². The van der Waals surface area contributed by atoms with Crippen LogP contribution >= 0.6 is 0 Å². The minimum atomic E-state index is -0.913. The van der Waals surface area contributed by atoms with Crippen LogP contribution in [0.1, 0.15) is 98.3 Å². The first-order valence-corrected chi connectivity index (χ1v) is 10.6. The van der Waals surface area contributed by atoms with Crippen LogP contribution in [0, 0.1) is 0 Å². The molecule has 0 rings (SSSR count). The van der Waals surface area contributed by atoms with Crippen LogP contribution in [0.2, 0.25) is 0 Å². The Hall–Kier alpha value is -0.910. The van der Waals surface area contributed by atoms with Gasteiger partial charge in [-0.3, -0.25) is 4.79 Å². The zero-order valence-electron chi connectivity index (χ0n) is 17.8. The van der Waals surface area contributed by atoms with Crippen LogP contribution < -0.4 is 0 Å². The van der Waals surface area contributed by atoms with E-state index in [1.165, 1.54) is 6.08 Å². The summed E-state index contributed by atoms with van der Waals surface area (Å²) in [5.41, 5.74) is -0.417. The maximum atomic E-state index is 11.6. The lowest BCUT2D eigenvalue weighted by Crippen LogP contribution is -2.24. The Bertz CT molecular complexity index is 400. The second-order valence-electron chi connectivity index (χ2n) is 8.40. The van der Waals surface area contributed by atoms with Gasteiger partial charge in [-0.25, -0.2) is 0 Å². The predicted molar refractivity (Wildman–Crippen MR) is 109 cm³/mol. The van der Waals surface area contributed by atoms with Gasteiger partial charge in [0, 0.05) is 6.42 Å². The van der Waals surface area contributed by atoms with Crippen molar-refractivity contribution in [1.29, 1.82) is 0 Å². The van der Waals surface area contributed by atoms with E-state index in [9.17, 15) is 20.1 Å². The summed E-state index contributed by atoms with van der Waals surface area (Å²) >= 11 is 0. The number of hydrogen-bond donors (Lipinski definition) is 3. The molecule has 0 radical (unpaired) electrons. The lowest BCUT2D eigenvalue weighted by molar-refractivity contribution is -0.154. The highest BCUT2D eigenvalue weighted by Gasteiger charge is 2.15. The molecule has 3 N–H and O–H groups in total. The molecule has 160 valence electrons. The lowest BCUT2D eigenvalue weighted by atomic mass is 10.0. The molecule has 0 saturated carbocycles. The Balaban J connectivity index is 3.70. The van der Waals surface area contributed by atoms with Crippen LogP contribution in [0.15, 0.2) is 12.2 Å². The van der Waals surface area contributed by atoms with Gasteiger partial charge in [-0.15, -0.1) is 0 Å². The fourth-order valence-electron chi connectivity index (χ4n) is 2.79. The van der Waals surface area contributed by atoms with Crippen LogP contribution in [0.5, 0.6) is 0 Å². The van der Waals surface area contributed by atoms with E-state index >= 15 is 0 Å². The molecule has 5 heteroatoms. The average molecular weight is 387 g/mol. The zero-order valence-corrected chi connectivity index (χ0v) is 17.8. The van der Waals surface area contributed by atoms with Crippen LogP contribution in [0.4, 0.5) is 0 Å². The highest BCUT2D eigenvalue weighted by atomic mass is 16.6. The SMILES string of the molecule is CCCCCC(O)C(O)/C=C/C(O)CCCCCCCC(=O)OC(C)(C)C. The van der Waals surface area contributed by atoms with Gasteiger partial charge >= 0.3 is 5.97 Å². The third kappa shape index (κ3) is 17.0. The third-order valence-electron chi connectivity index (χ3n) is 4.33. The van der Waals surface area contributed by atoms with Crippen LogP contribution in [0.25, 0.3) is 0 Å².